The van der Waals surface area contributed by atoms with Crippen molar-refractivity contribution in [3.05, 3.63) is 11.9 Å². The van der Waals surface area contributed by atoms with E-state index >= 15 is 0 Å². The second-order valence-electron chi connectivity index (χ2n) is 6.88. The topological polar surface area (TPSA) is 70.1 Å². The van der Waals surface area contributed by atoms with Crippen molar-refractivity contribution >= 4 is 11.6 Å². The van der Waals surface area contributed by atoms with Crippen LogP contribution < -0.4 is 10.6 Å². The van der Waals surface area contributed by atoms with Crippen LogP contribution in [0.15, 0.2) is 6.33 Å². The largest absolute Gasteiger partial charge is 0.388 e. The Hall–Kier alpha value is -1.36. The number of rotatable bonds is 7. The van der Waals surface area contributed by atoms with Crippen LogP contribution in [0.5, 0.6) is 0 Å². The SMILES string of the molecule is CCCNc1ncnc(NC(C)(C)C(C)(C)O)c1C(C)C. The van der Waals surface area contributed by atoms with Crippen molar-refractivity contribution in [1.82, 2.24) is 9.97 Å². The summed E-state index contributed by atoms with van der Waals surface area (Å²) in [6.07, 6.45) is 2.60. The lowest BCUT2D eigenvalue weighted by Gasteiger charge is -2.39. The lowest BCUT2D eigenvalue weighted by atomic mass is 9.85. The van der Waals surface area contributed by atoms with Crippen molar-refractivity contribution in [2.24, 2.45) is 0 Å². The van der Waals surface area contributed by atoms with Gasteiger partial charge in [-0.2, -0.15) is 0 Å². The lowest BCUT2D eigenvalue weighted by molar-refractivity contribution is 0.0238. The summed E-state index contributed by atoms with van der Waals surface area (Å²) in [6, 6.07) is 0. The first kappa shape index (κ1) is 17.7. The normalized spacial score (nSPS) is 12.6. The Balaban J connectivity index is 3.18. The average Bonchev–Trinajstić information content (AvgIpc) is 2.34. The maximum absolute atomic E-state index is 10.3. The molecular weight excluding hydrogens is 264 g/mol. The van der Waals surface area contributed by atoms with Gasteiger partial charge in [0.25, 0.3) is 0 Å². The zero-order valence-electron chi connectivity index (χ0n) is 14.4. The van der Waals surface area contributed by atoms with E-state index in [1.807, 2.05) is 13.8 Å². The van der Waals surface area contributed by atoms with Crippen molar-refractivity contribution < 1.29 is 5.11 Å². The molecule has 0 unspecified atom stereocenters. The molecule has 1 heterocycles. The summed E-state index contributed by atoms with van der Waals surface area (Å²) in [4.78, 5) is 8.76. The van der Waals surface area contributed by atoms with Gasteiger partial charge in [-0.05, 0) is 40.0 Å². The lowest BCUT2D eigenvalue weighted by Crippen LogP contribution is -2.51. The average molecular weight is 294 g/mol. The van der Waals surface area contributed by atoms with Gasteiger partial charge >= 0.3 is 0 Å². The molecule has 0 radical (unpaired) electrons. The van der Waals surface area contributed by atoms with Crippen molar-refractivity contribution in [2.75, 3.05) is 17.2 Å². The van der Waals surface area contributed by atoms with E-state index in [2.05, 4.69) is 41.4 Å². The molecule has 21 heavy (non-hydrogen) atoms. The maximum atomic E-state index is 10.3. The fourth-order valence-electron chi connectivity index (χ4n) is 1.88. The Bertz CT molecular complexity index is 464. The first-order chi connectivity index (χ1) is 9.60. The Kier molecular flexibility index (Phi) is 5.56. The standard InChI is InChI=1S/C16H30N4O/c1-8-9-17-13-12(11(2)3)14(19-10-18-13)20-15(4,5)16(6,7)21/h10-11,21H,8-9H2,1-7H3,(H2,17,18,19,20). The molecule has 5 heteroatoms. The smallest absolute Gasteiger partial charge is 0.135 e. The van der Waals surface area contributed by atoms with Gasteiger partial charge in [-0.3, -0.25) is 0 Å². The predicted octanol–water partition coefficient (Wildman–Crippen LogP) is 3.38. The number of nitrogens with zero attached hydrogens (tertiary/aromatic N) is 2. The van der Waals surface area contributed by atoms with E-state index in [4.69, 9.17) is 0 Å². The number of nitrogens with one attached hydrogen (secondary N) is 2. The van der Waals surface area contributed by atoms with E-state index in [9.17, 15) is 5.11 Å². The maximum Gasteiger partial charge on any atom is 0.135 e. The fraction of sp³-hybridized carbons (Fsp3) is 0.750. The van der Waals surface area contributed by atoms with Crippen LogP contribution in [-0.2, 0) is 0 Å². The first-order valence-electron chi connectivity index (χ1n) is 7.69. The van der Waals surface area contributed by atoms with Crippen molar-refractivity contribution in [2.45, 2.75) is 71.9 Å². The molecule has 1 aromatic heterocycles. The molecule has 0 aliphatic heterocycles. The Labute approximate surface area is 128 Å². The first-order valence-corrected chi connectivity index (χ1v) is 7.69. The molecule has 0 fully saturated rings. The van der Waals surface area contributed by atoms with E-state index in [-0.39, 0.29) is 5.92 Å². The van der Waals surface area contributed by atoms with Crippen LogP contribution in [0.25, 0.3) is 0 Å². The molecule has 0 amide bonds. The van der Waals surface area contributed by atoms with E-state index in [1.54, 1.807) is 20.2 Å². The molecule has 0 aromatic carbocycles. The summed E-state index contributed by atoms with van der Waals surface area (Å²) >= 11 is 0. The van der Waals surface area contributed by atoms with Crippen LogP contribution in [0.1, 0.15) is 66.4 Å². The molecule has 0 atom stereocenters. The zero-order valence-corrected chi connectivity index (χ0v) is 14.4. The summed E-state index contributed by atoms with van der Waals surface area (Å²) in [7, 11) is 0. The van der Waals surface area contributed by atoms with Crippen molar-refractivity contribution in [3.63, 3.8) is 0 Å². The Morgan fingerprint density at radius 3 is 2.19 bits per heavy atom. The summed E-state index contributed by atoms with van der Waals surface area (Å²) in [5.41, 5.74) is -0.320. The second-order valence-corrected chi connectivity index (χ2v) is 6.88. The van der Waals surface area contributed by atoms with Gasteiger partial charge in [0.2, 0.25) is 0 Å². The highest BCUT2D eigenvalue weighted by atomic mass is 16.3. The van der Waals surface area contributed by atoms with Gasteiger partial charge in [0.15, 0.2) is 0 Å². The molecule has 5 nitrogen and oxygen atoms in total. The molecule has 1 rings (SSSR count). The van der Waals surface area contributed by atoms with Crippen molar-refractivity contribution in [3.8, 4) is 0 Å². The molecule has 0 saturated carbocycles. The minimum absolute atomic E-state index is 0.283. The summed E-state index contributed by atoms with van der Waals surface area (Å²) in [6.45, 7) is 14.8. The molecule has 0 spiro atoms. The van der Waals surface area contributed by atoms with Crippen LogP contribution in [0.4, 0.5) is 11.6 Å². The van der Waals surface area contributed by atoms with E-state index in [1.165, 1.54) is 0 Å². The van der Waals surface area contributed by atoms with Gasteiger partial charge in [-0.1, -0.05) is 20.8 Å². The van der Waals surface area contributed by atoms with Gasteiger partial charge in [-0.15, -0.1) is 0 Å². The van der Waals surface area contributed by atoms with Gasteiger partial charge in [0, 0.05) is 12.1 Å². The Morgan fingerprint density at radius 1 is 1.14 bits per heavy atom. The molecule has 0 aliphatic rings. The van der Waals surface area contributed by atoms with Crippen molar-refractivity contribution in [1.29, 1.82) is 0 Å². The molecular formula is C16H30N4O. The van der Waals surface area contributed by atoms with E-state index < -0.39 is 11.1 Å². The summed E-state index contributed by atoms with van der Waals surface area (Å²) < 4.78 is 0. The second kappa shape index (κ2) is 6.60. The fourth-order valence-corrected chi connectivity index (χ4v) is 1.88. The molecule has 0 bridgehead atoms. The number of aromatic nitrogens is 2. The van der Waals surface area contributed by atoms with Crippen LogP contribution in [0.3, 0.4) is 0 Å². The zero-order chi connectivity index (χ0) is 16.3. The quantitative estimate of drug-likeness (QED) is 0.719. The monoisotopic (exact) mass is 294 g/mol. The highest BCUT2D eigenvalue weighted by molar-refractivity contribution is 5.60. The third-order valence-corrected chi connectivity index (χ3v) is 3.96. The number of hydrogen-bond acceptors (Lipinski definition) is 5. The summed E-state index contributed by atoms with van der Waals surface area (Å²) in [5.74, 6) is 1.94. The van der Waals surface area contributed by atoms with Gasteiger partial charge in [-0.25, -0.2) is 9.97 Å². The molecule has 0 saturated heterocycles. The van der Waals surface area contributed by atoms with E-state index in [0.717, 1.165) is 30.2 Å². The molecule has 1 aromatic rings. The van der Waals surface area contributed by atoms with Gasteiger partial charge in [0.05, 0.1) is 11.1 Å². The van der Waals surface area contributed by atoms with Crippen LogP contribution in [0, 0.1) is 0 Å². The number of hydrogen-bond donors (Lipinski definition) is 3. The third-order valence-electron chi connectivity index (χ3n) is 3.96. The number of aliphatic hydroxyl groups is 1. The Morgan fingerprint density at radius 2 is 1.71 bits per heavy atom. The van der Waals surface area contributed by atoms with Crippen LogP contribution in [-0.4, -0.2) is 32.8 Å². The molecule has 120 valence electrons. The van der Waals surface area contributed by atoms with E-state index in [0.29, 0.717) is 0 Å². The number of anilines is 2. The minimum Gasteiger partial charge on any atom is -0.388 e. The highest BCUT2D eigenvalue weighted by Crippen LogP contribution is 2.32. The van der Waals surface area contributed by atoms with Gasteiger partial charge in [0.1, 0.15) is 18.0 Å². The van der Waals surface area contributed by atoms with Gasteiger partial charge < -0.3 is 15.7 Å². The summed E-state index contributed by atoms with van der Waals surface area (Å²) in [5, 5.41) is 17.1. The minimum atomic E-state index is -0.872. The van der Waals surface area contributed by atoms with Crippen LogP contribution >= 0.6 is 0 Å². The van der Waals surface area contributed by atoms with Crippen LogP contribution in [0.2, 0.25) is 0 Å². The highest BCUT2D eigenvalue weighted by Gasteiger charge is 2.36. The molecule has 0 aliphatic carbocycles. The predicted molar refractivity (Wildman–Crippen MR) is 88.9 cm³/mol. The third kappa shape index (κ3) is 4.30. The molecule has 3 N–H and O–H groups in total.